The van der Waals surface area contributed by atoms with E-state index in [2.05, 4.69) is 42.5 Å². The Hall–Kier alpha value is -0.120. The molecular weight excluding hydrogens is 234 g/mol. The van der Waals surface area contributed by atoms with Crippen LogP contribution in [0.2, 0.25) is 0 Å². The molecule has 2 rings (SSSR count). The molecular formula is C16H33N3. The Morgan fingerprint density at radius 1 is 0.947 bits per heavy atom. The minimum Gasteiger partial charge on any atom is -0.306 e. The fraction of sp³-hybridized carbons (Fsp3) is 0.875. The van der Waals surface area contributed by atoms with Gasteiger partial charge in [-0.1, -0.05) is 20.8 Å². The minimum atomic E-state index is 0.728. The van der Waals surface area contributed by atoms with Crippen molar-refractivity contribution in [1.29, 1.82) is 0 Å². The van der Waals surface area contributed by atoms with Gasteiger partial charge in [-0.15, -0.1) is 0 Å². The molecule has 0 unspecified atom stereocenters. The van der Waals surface area contributed by atoms with Crippen molar-refractivity contribution in [2.24, 2.45) is 5.92 Å². The van der Waals surface area contributed by atoms with E-state index in [1.807, 2.05) is 0 Å². The van der Waals surface area contributed by atoms with Crippen molar-refractivity contribution < 1.29 is 0 Å². The van der Waals surface area contributed by atoms with Gasteiger partial charge in [0.25, 0.3) is 0 Å². The van der Waals surface area contributed by atoms with Crippen molar-refractivity contribution in [2.75, 3.05) is 59.4 Å². The fourth-order valence-electron chi connectivity index (χ4n) is 2.61. The van der Waals surface area contributed by atoms with Gasteiger partial charge in [0.05, 0.1) is 0 Å². The summed E-state index contributed by atoms with van der Waals surface area (Å²) >= 11 is 0. The van der Waals surface area contributed by atoms with E-state index in [0.717, 1.165) is 12.3 Å². The summed E-state index contributed by atoms with van der Waals surface area (Å²) in [6, 6.07) is 0. The minimum absolute atomic E-state index is 0.728. The van der Waals surface area contributed by atoms with Crippen LogP contribution in [0, 0.1) is 19.8 Å². The van der Waals surface area contributed by atoms with Crippen molar-refractivity contribution in [3.8, 4) is 0 Å². The predicted octanol–water partition coefficient (Wildman–Crippen LogP) is 2.01. The average Bonchev–Trinajstić information content (AvgIpc) is 2.44. The van der Waals surface area contributed by atoms with E-state index in [0.29, 0.717) is 0 Å². The zero-order valence-corrected chi connectivity index (χ0v) is 13.1. The molecule has 0 atom stereocenters. The summed E-state index contributed by atoms with van der Waals surface area (Å²) in [4.78, 5) is 7.36. The van der Waals surface area contributed by atoms with Gasteiger partial charge in [-0.05, 0) is 58.4 Å². The predicted molar refractivity (Wildman–Crippen MR) is 84.1 cm³/mol. The summed E-state index contributed by atoms with van der Waals surface area (Å²) in [6.07, 6.45) is 3.62. The largest absolute Gasteiger partial charge is 0.306 e. The summed E-state index contributed by atoms with van der Waals surface area (Å²) < 4.78 is 0. The van der Waals surface area contributed by atoms with E-state index >= 15 is 0 Å². The number of hydrogen-bond donors (Lipinski definition) is 0. The first kappa shape index (κ1) is 16.9. The first-order valence-electron chi connectivity index (χ1n) is 7.91. The summed E-state index contributed by atoms with van der Waals surface area (Å²) in [7, 11) is 2.17. The number of likely N-dealkylation sites (tertiary alicyclic amines) is 1. The summed E-state index contributed by atoms with van der Waals surface area (Å²) in [5, 5.41) is 0. The zero-order chi connectivity index (χ0) is 14.1. The van der Waals surface area contributed by atoms with E-state index < -0.39 is 0 Å². The van der Waals surface area contributed by atoms with Crippen LogP contribution >= 0.6 is 0 Å². The van der Waals surface area contributed by atoms with Crippen LogP contribution in [0.3, 0.4) is 0 Å². The Morgan fingerprint density at radius 3 is 1.89 bits per heavy atom. The van der Waals surface area contributed by atoms with Crippen LogP contribution in [0.4, 0.5) is 0 Å². The number of rotatable bonds is 3. The van der Waals surface area contributed by atoms with Gasteiger partial charge in [0, 0.05) is 26.2 Å². The molecule has 2 fully saturated rings. The molecule has 0 amide bonds. The van der Waals surface area contributed by atoms with Crippen LogP contribution in [0.25, 0.3) is 0 Å². The molecule has 0 aromatic heterocycles. The van der Waals surface area contributed by atoms with Gasteiger partial charge in [-0.3, -0.25) is 0 Å². The van der Waals surface area contributed by atoms with Gasteiger partial charge >= 0.3 is 0 Å². The maximum atomic E-state index is 4.01. The maximum Gasteiger partial charge on any atom is 0.0110 e. The van der Waals surface area contributed by atoms with Crippen LogP contribution in [0.15, 0.2) is 0 Å². The molecule has 2 aliphatic rings. The topological polar surface area (TPSA) is 9.72 Å². The van der Waals surface area contributed by atoms with Crippen molar-refractivity contribution in [2.45, 2.75) is 26.2 Å². The fourth-order valence-corrected chi connectivity index (χ4v) is 2.61. The van der Waals surface area contributed by atoms with Gasteiger partial charge in [0.1, 0.15) is 0 Å². The molecule has 2 saturated heterocycles. The summed E-state index contributed by atoms with van der Waals surface area (Å²) in [5.74, 6) is 0.728. The Labute approximate surface area is 120 Å². The lowest BCUT2D eigenvalue weighted by Gasteiger charge is -2.33. The monoisotopic (exact) mass is 267 g/mol. The van der Waals surface area contributed by atoms with Crippen LogP contribution in [-0.4, -0.2) is 74.1 Å². The lowest BCUT2D eigenvalue weighted by Crippen LogP contribution is -2.46. The molecule has 0 saturated carbocycles. The van der Waals surface area contributed by atoms with E-state index in [1.54, 1.807) is 0 Å². The molecule has 0 N–H and O–H groups in total. The molecule has 3 nitrogen and oxygen atoms in total. The average molecular weight is 267 g/mol. The molecule has 0 aromatic rings. The SMILES string of the molecule is [CH2]C1CCN(C)CC1.[CH2]CCN1CCN(CC)CC1. The van der Waals surface area contributed by atoms with E-state index in [1.165, 1.54) is 65.2 Å². The lowest BCUT2D eigenvalue weighted by molar-refractivity contribution is 0.139. The highest BCUT2D eigenvalue weighted by molar-refractivity contribution is 4.71. The van der Waals surface area contributed by atoms with E-state index in [9.17, 15) is 0 Å². The summed E-state index contributed by atoms with van der Waals surface area (Å²) in [6.45, 7) is 19.9. The van der Waals surface area contributed by atoms with Crippen molar-refractivity contribution >= 4 is 0 Å². The second-order valence-corrected chi connectivity index (χ2v) is 5.88. The highest BCUT2D eigenvalue weighted by Gasteiger charge is 2.13. The second kappa shape index (κ2) is 9.73. The highest BCUT2D eigenvalue weighted by atomic mass is 15.3. The number of piperidine rings is 1. The van der Waals surface area contributed by atoms with E-state index in [-0.39, 0.29) is 0 Å². The Bertz CT molecular complexity index is 194. The van der Waals surface area contributed by atoms with Gasteiger partial charge in [-0.25, -0.2) is 0 Å². The van der Waals surface area contributed by atoms with Gasteiger partial charge in [0.2, 0.25) is 0 Å². The molecule has 2 heterocycles. The van der Waals surface area contributed by atoms with Crippen molar-refractivity contribution in [3.63, 3.8) is 0 Å². The molecule has 2 aliphatic heterocycles. The zero-order valence-electron chi connectivity index (χ0n) is 13.1. The smallest absolute Gasteiger partial charge is 0.0110 e. The molecule has 0 bridgehead atoms. The Balaban J connectivity index is 0.000000200. The first-order valence-corrected chi connectivity index (χ1v) is 7.91. The van der Waals surface area contributed by atoms with Crippen molar-refractivity contribution in [1.82, 2.24) is 14.7 Å². The summed E-state index contributed by atoms with van der Waals surface area (Å²) in [5.41, 5.74) is 0. The molecule has 0 aliphatic carbocycles. The van der Waals surface area contributed by atoms with Crippen LogP contribution in [0.1, 0.15) is 26.2 Å². The van der Waals surface area contributed by atoms with Gasteiger partial charge in [0.15, 0.2) is 0 Å². The molecule has 0 aromatic carbocycles. The first-order chi connectivity index (χ1) is 9.15. The van der Waals surface area contributed by atoms with Gasteiger partial charge in [-0.2, -0.15) is 0 Å². The number of nitrogens with zero attached hydrogens (tertiary/aromatic N) is 3. The van der Waals surface area contributed by atoms with E-state index in [4.69, 9.17) is 0 Å². The van der Waals surface area contributed by atoms with Crippen LogP contribution < -0.4 is 0 Å². The highest BCUT2D eigenvalue weighted by Crippen LogP contribution is 2.13. The maximum absolute atomic E-state index is 4.01. The number of likely N-dealkylation sites (N-methyl/N-ethyl adjacent to an activating group) is 1. The van der Waals surface area contributed by atoms with Crippen molar-refractivity contribution in [3.05, 3.63) is 13.8 Å². The Kier molecular flexibility index (Phi) is 8.67. The second-order valence-electron chi connectivity index (χ2n) is 5.88. The molecule has 112 valence electrons. The third kappa shape index (κ3) is 7.28. The third-order valence-electron chi connectivity index (χ3n) is 4.22. The third-order valence-corrected chi connectivity index (χ3v) is 4.22. The lowest BCUT2D eigenvalue weighted by atomic mass is 10.00. The molecule has 0 spiro atoms. The Morgan fingerprint density at radius 2 is 1.47 bits per heavy atom. The molecule has 3 heteroatoms. The molecule has 19 heavy (non-hydrogen) atoms. The van der Waals surface area contributed by atoms with Crippen LogP contribution in [0.5, 0.6) is 0 Å². The van der Waals surface area contributed by atoms with Crippen LogP contribution in [-0.2, 0) is 0 Å². The normalized spacial score (nSPS) is 24.0. The van der Waals surface area contributed by atoms with Gasteiger partial charge < -0.3 is 14.7 Å². The standard InChI is InChI=1S/C9H19N2.C7H14N/c1-3-5-11-8-6-10(4-2)7-9-11;1-7-3-5-8(2)6-4-7/h1,3-9H2,2H3;7H,1,3-6H2,2H3. The molecule has 2 radical (unpaired) electrons. The number of hydrogen-bond acceptors (Lipinski definition) is 3. The number of piperazine rings is 1. The quantitative estimate of drug-likeness (QED) is 0.774.